The lowest BCUT2D eigenvalue weighted by molar-refractivity contribution is -0.123. The molecule has 1 aliphatic rings. The summed E-state index contributed by atoms with van der Waals surface area (Å²) in [5.74, 6) is 0.986. The maximum Gasteiger partial charge on any atom is 0.234 e. The highest BCUT2D eigenvalue weighted by Gasteiger charge is 2.28. The van der Waals surface area contributed by atoms with Gasteiger partial charge in [0, 0.05) is 11.4 Å². The Morgan fingerprint density at radius 2 is 2.24 bits per heavy atom. The molecular formula is C16H26N2O2S. The van der Waals surface area contributed by atoms with E-state index in [0.717, 1.165) is 19.4 Å². The minimum atomic E-state index is -0.124. The van der Waals surface area contributed by atoms with E-state index in [2.05, 4.69) is 30.1 Å². The summed E-state index contributed by atoms with van der Waals surface area (Å²) < 4.78 is 0. The molecule has 0 spiro atoms. The Kier molecular flexibility index (Phi) is 5.79. The molecule has 118 valence electrons. The summed E-state index contributed by atoms with van der Waals surface area (Å²) in [7, 11) is 1.97. The second kappa shape index (κ2) is 7.38. The highest BCUT2D eigenvalue weighted by molar-refractivity contribution is 7.10. The van der Waals surface area contributed by atoms with Crippen molar-refractivity contribution in [1.82, 2.24) is 10.2 Å². The van der Waals surface area contributed by atoms with Gasteiger partial charge in [-0.15, -0.1) is 11.3 Å². The molecule has 1 aliphatic carbocycles. The third-order valence-electron chi connectivity index (χ3n) is 4.03. The van der Waals surface area contributed by atoms with E-state index in [4.69, 9.17) is 0 Å². The Morgan fingerprint density at radius 3 is 2.76 bits per heavy atom. The highest BCUT2D eigenvalue weighted by atomic mass is 32.1. The Morgan fingerprint density at radius 1 is 1.52 bits per heavy atom. The number of likely N-dealkylation sites (N-methyl/N-ethyl adjacent to an activating group) is 1. The van der Waals surface area contributed by atoms with Crippen LogP contribution >= 0.6 is 11.3 Å². The van der Waals surface area contributed by atoms with Crippen LogP contribution in [-0.2, 0) is 4.79 Å². The predicted molar refractivity (Wildman–Crippen MR) is 86.3 cm³/mol. The van der Waals surface area contributed by atoms with Crippen molar-refractivity contribution in [2.75, 3.05) is 20.1 Å². The van der Waals surface area contributed by atoms with Crippen LogP contribution in [0.15, 0.2) is 17.5 Å². The molecule has 0 radical (unpaired) electrons. The topological polar surface area (TPSA) is 52.6 Å². The average molecular weight is 310 g/mol. The van der Waals surface area contributed by atoms with Crippen LogP contribution in [0.25, 0.3) is 0 Å². The molecule has 2 rings (SSSR count). The van der Waals surface area contributed by atoms with E-state index in [-0.39, 0.29) is 18.1 Å². The quantitative estimate of drug-likeness (QED) is 0.812. The van der Waals surface area contributed by atoms with Gasteiger partial charge < -0.3 is 10.4 Å². The molecule has 0 aromatic carbocycles. The fraction of sp³-hybridized carbons (Fsp3) is 0.688. The number of thiophene rings is 1. The van der Waals surface area contributed by atoms with E-state index in [1.165, 1.54) is 4.88 Å². The minimum Gasteiger partial charge on any atom is -0.393 e. The van der Waals surface area contributed by atoms with Crippen LogP contribution < -0.4 is 5.32 Å². The van der Waals surface area contributed by atoms with Crippen molar-refractivity contribution < 1.29 is 9.90 Å². The molecule has 1 heterocycles. The van der Waals surface area contributed by atoms with Crippen molar-refractivity contribution in [3.63, 3.8) is 0 Å². The molecule has 1 fully saturated rings. The van der Waals surface area contributed by atoms with Crippen LogP contribution in [0.4, 0.5) is 0 Å². The Balaban J connectivity index is 1.79. The van der Waals surface area contributed by atoms with Crippen molar-refractivity contribution in [3.05, 3.63) is 22.4 Å². The van der Waals surface area contributed by atoms with Crippen LogP contribution in [0.5, 0.6) is 0 Å². The predicted octanol–water partition coefficient (Wildman–Crippen LogP) is 2.26. The molecule has 4 nitrogen and oxygen atoms in total. The molecule has 1 unspecified atom stereocenters. The second-order valence-electron chi connectivity index (χ2n) is 6.49. The fourth-order valence-corrected chi connectivity index (χ4v) is 3.80. The van der Waals surface area contributed by atoms with Gasteiger partial charge in [-0.3, -0.25) is 9.69 Å². The van der Waals surface area contributed by atoms with Crippen molar-refractivity contribution in [2.45, 2.75) is 38.8 Å². The molecule has 2 N–H and O–H groups in total. The van der Waals surface area contributed by atoms with Gasteiger partial charge in [-0.25, -0.2) is 0 Å². The van der Waals surface area contributed by atoms with Crippen LogP contribution in [0, 0.1) is 11.8 Å². The van der Waals surface area contributed by atoms with Crippen LogP contribution in [-0.4, -0.2) is 42.2 Å². The smallest absolute Gasteiger partial charge is 0.234 e. The zero-order valence-electron chi connectivity index (χ0n) is 13.1. The molecule has 1 aromatic heterocycles. The molecule has 1 atom stereocenters. The largest absolute Gasteiger partial charge is 0.393 e. The number of nitrogens with zero attached hydrogens (tertiary/aromatic N) is 1. The fourth-order valence-electron chi connectivity index (χ4n) is 2.85. The molecule has 1 saturated carbocycles. The van der Waals surface area contributed by atoms with Crippen molar-refractivity contribution in [3.8, 4) is 0 Å². The number of amides is 1. The molecular weight excluding hydrogens is 284 g/mol. The third kappa shape index (κ3) is 4.80. The summed E-state index contributed by atoms with van der Waals surface area (Å²) in [5, 5.41) is 14.5. The van der Waals surface area contributed by atoms with Gasteiger partial charge in [-0.05, 0) is 43.2 Å². The standard InChI is InChI=1S/C16H26N2O2S/c1-11(2)16(14-5-4-6-21-14)17-15(20)10-18(3)9-12-7-13(19)8-12/h4-6,11-13,16,19H,7-10H2,1-3H3,(H,17,20). The molecule has 1 amide bonds. The first kappa shape index (κ1) is 16.5. The van der Waals surface area contributed by atoms with Crippen LogP contribution in [0.1, 0.15) is 37.6 Å². The molecule has 21 heavy (non-hydrogen) atoms. The monoisotopic (exact) mass is 310 g/mol. The molecule has 5 heteroatoms. The first-order valence-electron chi connectivity index (χ1n) is 7.65. The van der Waals surface area contributed by atoms with E-state index in [9.17, 15) is 9.90 Å². The number of aliphatic hydroxyl groups is 1. The number of hydrogen-bond donors (Lipinski definition) is 2. The van der Waals surface area contributed by atoms with E-state index in [0.29, 0.717) is 18.4 Å². The van der Waals surface area contributed by atoms with Gasteiger partial charge in [0.1, 0.15) is 0 Å². The summed E-state index contributed by atoms with van der Waals surface area (Å²) in [5.41, 5.74) is 0. The zero-order valence-corrected chi connectivity index (χ0v) is 13.9. The molecule has 1 aromatic rings. The number of carbonyl (C=O) groups excluding carboxylic acids is 1. The van der Waals surface area contributed by atoms with Crippen LogP contribution in [0.2, 0.25) is 0 Å². The number of carbonyl (C=O) groups is 1. The number of nitrogens with one attached hydrogen (secondary N) is 1. The lowest BCUT2D eigenvalue weighted by Crippen LogP contribution is -2.42. The first-order chi connectivity index (χ1) is 9.95. The summed E-state index contributed by atoms with van der Waals surface area (Å²) in [6, 6.07) is 4.20. The highest BCUT2D eigenvalue weighted by Crippen LogP contribution is 2.28. The first-order valence-corrected chi connectivity index (χ1v) is 8.53. The van der Waals surface area contributed by atoms with Gasteiger partial charge in [0.2, 0.25) is 5.91 Å². The Bertz CT molecular complexity index is 441. The number of aliphatic hydroxyl groups excluding tert-OH is 1. The zero-order chi connectivity index (χ0) is 15.4. The van der Waals surface area contributed by atoms with Crippen LogP contribution in [0.3, 0.4) is 0 Å². The normalized spacial score (nSPS) is 23.1. The van der Waals surface area contributed by atoms with E-state index in [1.807, 2.05) is 18.5 Å². The second-order valence-corrected chi connectivity index (χ2v) is 7.47. The summed E-state index contributed by atoms with van der Waals surface area (Å²) in [4.78, 5) is 15.5. The van der Waals surface area contributed by atoms with Crippen molar-refractivity contribution >= 4 is 17.2 Å². The van der Waals surface area contributed by atoms with Crippen molar-refractivity contribution in [1.29, 1.82) is 0 Å². The van der Waals surface area contributed by atoms with Gasteiger partial charge in [0.05, 0.1) is 18.7 Å². The Labute approximate surface area is 131 Å². The summed E-state index contributed by atoms with van der Waals surface area (Å²) in [6.07, 6.45) is 1.62. The lowest BCUT2D eigenvalue weighted by atomic mass is 9.82. The van der Waals surface area contributed by atoms with E-state index < -0.39 is 0 Å². The van der Waals surface area contributed by atoms with Crippen molar-refractivity contribution in [2.24, 2.45) is 11.8 Å². The number of hydrogen-bond acceptors (Lipinski definition) is 4. The molecule has 0 saturated heterocycles. The van der Waals surface area contributed by atoms with Gasteiger partial charge in [-0.1, -0.05) is 19.9 Å². The SMILES string of the molecule is CC(C)C(NC(=O)CN(C)CC1CC(O)C1)c1cccs1. The lowest BCUT2D eigenvalue weighted by Gasteiger charge is -2.34. The minimum absolute atomic E-state index is 0.0736. The maximum absolute atomic E-state index is 12.2. The number of rotatable bonds is 7. The van der Waals surface area contributed by atoms with Gasteiger partial charge in [0.25, 0.3) is 0 Å². The van der Waals surface area contributed by atoms with E-state index in [1.54, 1.807) is 11.3 Å². The van der Waals surface area contributed by atoms with Gasteiger partial charge in [-0.2, -0.15) is 0 Å². The molecule has 0 aliphatic heterocycles. The summed E-state index contributed by atoms with van der Waals surface area (Å²) in [6.45, 7) is 5.56. The summed E-state index contributed by atoms with van der Waals surface area (Å²) >= 11 is 1.69. The van der Waals surface area contributed by atoms with E-state index >= 15 is 0 Å². The average Bonchev–Trinajstić information content (AvgIpc) is 2.87. The van der Waals surface area contributed by atoms with Gasteiger partial charge >= 0.3 is 0 Å². The molecule has 0 bridgehead atoms. The maximum atomic E-state index is 12.2. The Hall–Kier alpha value is -0.910. The van der Waals surface area contributed by atoms with Gasteiger partial charge in [0.15, 0.2) is 0 Å². The third-order valence-corrected chi connectivity index (χ3v) is 4.98.